The molecule has 4 aromatic rings. The van der Waals surface area contributed by atoms with Crippen molar-refractivity contribution in [3.8, 4) is 22.8 Å². The summed E-state index contributed by atoms with van der Waals surface area (Å²) in [6.45, 7) is 2.48. The first kappa shape index (κ1) is 21.5. The van der Waals surface area contributed by atoms with E-state index in [0.29, 0.717) is 32.5 Å². The number of hydrogen-bond donors (Lipinski definition) is 0. The predicted molar refractivity (Wildman–Crippen MR) is 122 cm³/mol. The summed E-state index contributed by atoms with van der Waals surface area (Å²) in [6, 6.07) is 17.1. The third-order valence-corrected chi connectivity index (χ3v) is 6.53. The second-order valence-corrected chi connectivity index (χ2v) is 9.02. The fourth-order valence-electron chi connectivity index (χ4n) is 2.93. The van der Waals surface area contributed by atoms with Crippen LogP contribution in [0.15, 0.2) is 65.8 Å². The van der Waals surface area contributed by atoms with Crippen LogP contribution in [0.5, 0.6) is 5.75 Å². The van der Waals surface area contributed by atoms with E-state index in [0.717, 1.165) is 11.3 Å². The minimum Gasteiger partial charge on any atom is -0.494 e. The van der Waals surface area contributed by atoms with Crippen LogP contribution < -0.4 is 4.74 Å². The molecule has 2 aromatic heterocycles. The molecule has 0 amide bonds. The maximum atomic E-state index is 14.7. The highest BCUT2D eigenvalue weighted by molar-refractivity contribution is 7.99. The van der Waals surface area contributed by atoms with Crippen molar-refractivity contribution in [1.82, 2.24) is 14.8 Å². The molecule has 9 heteroatoms. The number of thiophene rings is 1. The lowest BCUT2D eigenvalue weighted by Crippen LogP contribution is -2.05. The summed E-state index contributed by atoms with van der Waals surface area (Å²) in [5.74, 6) is 0.854. The maximum absolute atomic E-state index is 14.7. The fraction of sp³-hybridized carbons (Fsp3) is 0.136. The first-order chi connectivity index (χ1) is 15.1. The number of ketones is 1. The lowest BCUT2D eigenvalue weighted by Gasteiger charge is -2.11. The summed E-state index contributed by atoms with van der Waals surface area (Å²) in [7, 11) is 0. The molecule has 0 bridgehead atoms. The summed E-state index contributed by atoms with van der Waals surface area (Å²) in [6.07, 6.45) is 0. The quantitative estimate of drug-likeness (QED) is 0.226. The van der Waals surface area contributed by atoms with Crippen molar-refractivity contribution in [2.75, 3.05) is 12.4 Å². The van der Waals surface area contributed by atoms with Gasteiger partial charge in [0.2, 0.25) is 0 Å². The van der Waals surface area contributed by atoms with Crippen LogP contribution in [-0.2, 0) is 0 Å². The van der Waals surface area contributed by atoms with Crippen LogP contribution in [0.2, 0.25) is 4.34 Å². The molecule has 0 aliphatic heterocycles. The highest BCUT2D eigenvalue weighted by atomic mass is 35.5. The summed E-state index contributed by atoms with van der Waals surface area (Å²) < 4.78 is 22.4. The van der Waals surface area contributed by atoms with Crippen LogP contribution in [0, 0.1) is 5.82 Å². The van der Waals surface area contributed by atoms with Crippen molar-refractivity contribution in [1.29, 1.82) is 0 Å². The van der Waals surface area contributed by atoms with Gasteiger partial charge < -0.3 is 4.74 Å². The third kappa shape index (κ3) is 4.81. The molecule has 0 aliphatic rings. The standard InChI is InChI=1S/C22H17ClFN3O2S2/c1-2-29-15-9-7-14(8-10-15)21-25-26-22(27(21)17-6-4-3-5-16(17)24)30-13-18(28)19-11-12-20(23)31-19/h3-12H,2,13H2,1H3. The van der Waals surface area contributed by atoms with Gasteiger partial charge in [0.15, 0.2) is 16.8 Å². The van der Waals surface area contributed by atoms with Crippen LogP contribution >= 0.6 is 34.7 Å². The Bertz CT molecular complexity index is 1210. The Morgan fingerprint density at radius 1 is 1.13 bits per heavy atom. The van der Waals surface area contributed by atoms with Gasteiger partial charge in [-0.1, -0.05) is 35.5 Å². The molecule has 0 aliphatic carbocycles. The zero-order valence-electron chi connectivity index (χ0n) is 16.4. The largest absolute Gasteiger partial charge is 0.494 e. The molecule has 0 atom stereocenters. The summed E-state index contributed by atoms with van der Waals surface area (Å²) >= 11 is 8.36. The van der Waals surface area contributed by atoms with E-state index >= 15 is 0 Å². The molecular formula is C22H17ClFN3O2S2. The predicted octanol–water partition coefficient (Wildman–Crippen LogP) is 6.16. The van der Waals surface area contributed by atoms with Gasteiger partial charge >= 0.3 is 0 Å². The Morgan fingerprint density at radius 3 is 2.58 bits per heavy atom. The zero-order valence-corrected chi connectivity index (χ0v) is 18.8. The van der Waals surface area contributed by atoms with Gasteiger partial charge in [-0.2, -0.15) is 0 Å². The minimum absolute atomic E-state index is 0.0763. The monoisotopic (exact) mass is 473 g/mol. The molecule has 31 heavy (non-hydrogen) atoms. The van der Waals surface area contributed by atoms with Gasteiger partial charge in [0.05, 0.1) is 27.3 Å². The number of carbonyl (C=O) groups excluding carboxylic acids is 1. The van der Waals surface area contributed by atoms with Gasteiger partial charge in [-0.05, 0) is 55.5 Å². The van der Waals surface area contributed by atoms with Gasteiger partial charge in [-0.3, -0.25) is 9.36 Å². The SMILES string of the molecule is CCOc1ccc(-c2nnc(SCC(=O)c3ccc(Cl)s3)n2-c2ccccc2F)cc1. The Morgan fingerprint density at radius 2 is 1.90 bits per heavy atom. The molecular weight excluding hydrogens is 457 g/mol. The lowest BCUT2D eigenvalue weighted by molar-refractivity contribution is 0.102. The first-order valence-electron chi connectivity index (χ1n) is 9.41. The van der Waals surface area contributed by atoms with E-state index < -0.39 is 5.82 Å². The molecule has 0 N–H and O–H groups in total. The number of Topliss-reactive ketones (excluding diaryl/α,β-unsaturated/α-hetero) is 1. The number of nitrogens with zero attached hydrogens (tertiary/aromatic N) is 3. The third-order valence-electron chi connectivity index (χ3n) is 4.33. The van der Waals surface area contributed by atoms with Gasteiger partial charge in [-0.25, -0.2) is 4.39 Å². The van der Waals surface area contributed by atoms with E-state index in [-0.39, 0.29) is 11.5 Å². The number of carbonyl (C=O) groups is 1. The van der Waals surface area contributed by atoms with Crippen molar-refractivity contribution in [2.24, 2.45) is 0 Å². The summed E-state index contributed by atoms with van der Waals surface area (Å²) in [4.78, 5) is 13.1. The smallest absolute Gasteiger partial charge is 0.196 e. The Labute approximate surface area is 191 Å². The molecule has 2 heterocycles. The van der Waals surface area contributed by atoms with E-state index in [9.17, 15) is 9.18 Å². The second kappa shape index (κ2) is 9.64. The molecule has 5 nitrogen and oxygen atoms in total. The van der Waals surface area contributed by atoms with Gasteiger partial charge in [0.25, 0.3) is 0 Å². The molecule has 0 radical (unpaired) electrons. The molecule has 0 unspecified atom stereocenters. The number of para-hydroxylation sites is 1. The van der Waals surface area contributed by atoms with E-state index in [1.54, 1.807) is 34.9 Å². The second-order valence-electron chi connectivity index (χ2n) is 6.37. The van der Waals surface area contributed by atoms with Crippen molar-refractivity contribution in [2.45, 2.75) is 12.1 Å². The van der Waals surface area contributed by atoms with Crippen molar-refractivity contribution >= 4 is 40.5 Å². The minimum atomic E-state index is -0.410. The number of ether oxygens (including phenoxy) is 1. The van der Waals surface area contributed by atoms with Gasteiger partial charge in [-0.15, -0.1) is 21.5 Å². The normalized spacial score (nSPS) is 10.9. The van der Waals surface area contributed by atoms with Crippen LogP contribution in [-0.4, -0.2) is 32.9 Å². The van der Waals surface area contributed by atoms with Crippen LogP contribution in [0.1, 0.15) is 16.6 Å². The number of rotatable bonds is 8. The first-order valence-corrected chi connectivity index (χ1v) is 11.6. The Balaban J connectivity index is 1.68. The van der Waals surface area contributed by atoms with E-state index in [1.165, 1.54) is 29.2 Å². The molecule has 0 saturated carbocycles. The lowest BCUT2D eigenvalue weighted by atomic mass is 10.2. The molecule has 158 valence electrons. The van der Waals surface area contributed by atoms with E-state index in [1.807, 2.05) is 31.2 Å². The number of aromatic nitrogens is 3. The molecule has 0 fully saturated rings. The molecule has 0 spiro atoms. The Kier molecular flexibility index (Phi) is 6.70. The summed E-state index contributed by atoms with van der Waals surface area (Å²) in [5, 5.41) is 8.95. The highest BCUT2D eigenvalue weighted by Gasteiger charge is 2.20. The zero-order chi connectivity index (χ0) is 21.8. The number of hydrogen-bond acceptors (Lipinski definition) is 6. The van der Waals surface area contributed by atoms with Gasteiger partial charge in [0, 0.05) is 5.56 Å². The van der Waals surface area contributed by atoms with Crippen LogP contribution in [0.4, 0.5) is 4.39 Å². The Hall–Kier alpha value is -2.68. The fourth-order valence-corrected chi connectivity index (χ4v) is 4.83. The van der Waals surface area contributed by atoms with Crippen molar-refractivity contribution < 1.29 is 13.9 Å². The average molecular weight is 474 g/mol. The topological polar surface area (TPSA) is 57.0 Å². The number of halogens is 2. The van der Waals surface area contributed by atoms with E-state index in [2.05, 4.69) is 10.2 Å². The van der Waals surface area contributed by atoms with E-state index in [4.69, 9.17) is 16.3 Å². The van der Waals surface area contributed by atoms with Gasteiger partial charge in [0.1, 0.15) is 11.6 Å². The van der Waals surface area contributed by atoms with Crippen molar-refractivity contribution in [3.05, 3.63) is 75.7 Å². The summed E-state index contributed by atoms with van der Waals surface area (Å²) in [5.41, 5.74) is 1.06. The highest BCUT2D eigenvalue weighted by Crippen LogP contribution is 2.31. The van der Waals surface area contributed by atoms with Crippen LogP contribution in [0.3, 0.4) is 0 Å². The van der Waals surface area contributed by atoms with Crippen molar-refractivity contribution in [3.63, 3.8) is 0 Å². The average Bonchev–Trinajstić information content (AvgIpc) is 3.40. The molecule has 4 rings (SSSR count). The molecule has 2 aromatic carbocycles. The number of benzene rings is 2. The molecule has 0 saturated heterocycles. The number of thioether (sulfide) groups is 1. The maximum Gasteiger partial charge on any atom is 0.196 e. The van der Waals surface area contributed by atoms with Crippen LogP contribution in [0.25, 0.3) is 17.1 Å².